The van der Waals surface area contributed by atoms with Crippen molar-refractivity contribution in [3.8, 4) is 5.75 Å². The van der Waals surface area contributed by atoms with E-state index < -0.39 is 0 Å². The van der Waals surface area contributed by atoms with Gasteiger partial charge in [-0.3, -0.25) is 0 Å². The Morgan fingerprint density at radius 1 is 1.32 bits per heavy atom. The molecule has 1 saturated carbocycles. The van der Waals surface area contributed by atoms with Gasteiger partial charge in [0.2, 0.25) is 0 Å². The molecule has 1 aromatic carbocycles. The third-order valence-electron chi connectivity index (χ3n) is 4.54. The van der Waals surface area contributed by atoms with Crippen molar-refractivity contribution in [3.05, 3.63) is 29.8 Å². The van der Waals surface area contributed by atoms with Crippen LogP contribution in [0.2, 0.25) is 0 Å². The lowest BCUT2D eigenvalue weighted by atomic mass is 10.0. The Balaban J connectivity index is 1.60. The number of piperidine rings is 1. The predicted molar refractivity (Wildman–Crippen MR) is 90.0 cm³/mol. The van der Waals surface area contributed by atoms with Gasteiger partial charge in [0.15, 0.2) is 5.96 Å². The Morgan fingerprint density at radius 2 is 2.14 bits per heavy atom. The van der Waals surface area contributed by atoms with Crippen LogP contribution in [0.3, 0.4) is 0 Å². The molecule has 1 aromatic rings. The van der Waals surface area contributed by atoms with Crippen LogP contribution < -0.4 is 10.5 Å². The van der Waals surface area contributed by atoms with Gasteiger partial charge in [-0.25, -0.2) is 4.99 Å². The van der Waals surface area contributed by atoms with E-state index in [9.17, 15) is 0 Å². The van der Waals surface area contributed by atoms with E-state index in [0.717, 1.165) is 36.9 Å². The maximum Gasteiger partial charge on any atom is 0.191 e. The molecule has 120 valence electrons. The second-order valence-electron chi connectivity index (χ2n) is 6.73. The molecule has 4 nitrogen and oxygen atoms in total. The zero-order chi connectivity index (χ0) is 15.4. The molecule has 22 heavy (non-hydrogen) atoms. The minimum absolute atomic E-state index is 0.595. The molecule has 1 aliphatic heterocycles. The van der Waals surface area contributed by atoms with E-state index in [0.29, 0.717) is 18.4 Å². The summed E-state index contributed by atoms with van der Waals surface area (Å²) in [5, 5.41) is 0. The number of guanidine groups is 1. The topological polar surface area (TPSA) is 50.8 Å². The molecule has 0 aromatic heterocycles. The molecule has 0 bridgehead atoms. The van der Waals surface area contributed by atoms with Crippen LogP contribution in [0.15, 0.2) is 29.3 Å². The van der Waals surface area contributed by atoms with E-state index in [1.54, 1.807) is 0 Å². The first-order valence-corrected chi connectivity index (χ1v) is 8.48. The third-order valence-corrected chi connectivity index (χ3v) is 4.54. The van der Waals surface area contributed by atoms with Crippen molar-refractivity contribution in [1.29, 1.82) is 0 Å². The molecular formula is C18H27N3O. The Labute approximate surface area is 133 Å². The summed E-state index contributed by atoms with van der Waals surface area (Å²) in [6.07, 6.45) is 5.11. The second-order valence-corrected chi connectivity index (χ2v) is 6.73. The van der Waals surface area contributed by atoms with Crippen molar-refractivity contribution >= 4 is 5.96 Å². The number of rotatable bonds is 5. The van der Waals surface area contributed by atoms with Crippen molar-refractivity contribution in [2.24, 2.45) is 22.6 Å². The van der Waals surface area contributed by atoms with Crippen molar-refractivity contribution in [2.45, 2.75) is 39.2 Å². The molecule has 0 radical (unpaired) electrons. The molecule has 1 heterocycles. The highest BCUT2D eigenvalue weighted by atomic mass is 16.5. The molecule has 0 spiro atoms. The SMILES string of the molecule is CC1CCCN(C(N)=NCc2ccccc2OCC2CC2)C1. The largest absolute Gasteiger partial charge is 0.493 e. The number of nitrogens with two attached hydrogens (primary N) is 1. The van der Waals surface area contributed by atoms with Crippen LogP contribution in [0, 0.1) is 11.8 Å². The number of aliphatic imine (C=N–C) groups is 1. The fourth-order valence-corrected chi connectivity index (χ4v) is 2.93. The lowest BCUT2D eigenvalue weighted by molar-refractivity contribution is 0.270. The van der Waals surface area contributed by atoms with Crippen molar-refractivity contribution < 1.29 is 4.74 Å². The van der Waals surface area contributed by atoms with E-state index in [-0.39, 0.29) is 0 Å². The molecule has 2 fully saturated rings. The Bertz CT molecular complexity index is 525. The molecule has 1 saturated heterocycles. The molecular weight excluding hydrogens is 274 g/mol. The summed E-state index contributed by atoms with van der Waals surface area (Å²) in [7, 11) is 0. The van der Waals surface area contributed by atoms with E-state index in [1.807, 2.05) is 18.2 Å². The highest BCUT2D eigenvalue weighted by molar-refractivity contribution is 5.78. The molecule has 2 aliphatic rings. The number of hydrogen-bond donors (Lipinski definition) is 1. The first kappa shape index (κ1) is 15.2. The smallest absolute Gasteiger partial charge is 0.191 e. The first-order chi connectivity index (χ1) is 10.7. The van der Waals surface area contributed by atoms with Crippen LogP contribution in [0.25, 0.3) is 0 Å². The summed E-state index contributed by atoms with van der Waals surface area (Å²) in [4.78, 5) is 6.81. The lowest BCUT2D eigenvalue weighted by Gasteiger charge is -2.31. The van der Waals surface area contributed by atoms with Gasteiger partial charge in [-0.2, -0.15) is 0 Å². The van der Waals surface area contributed by atoms with Crippen LogP contribution in [0.1, 0.15) is 38.2 Å². The number of hydrogen-bond acceptors (Lipinski definition) is 2. The fraction of sp³-hybridized carbons (Fsp3) is 0.611. The van der Waals surface area contributed by atoms with Gasteiger partial charge in [-0.1, -0.05) is 25.1 Å². The summed E-state index contributed by atoms with van der Waals surface area (Å²) < 4.78 is 5.93. The van der Waals surface area contributed by atoms with Gasteiger partial charge in [0.25, 0.3) is 0 Å². The summed E-state index contributed by atoms with van der Waals surface area (Å²) in [5.74, 6) is 3.09. The molecule has 1 unspecified atom stereocenters. The maximum absolute atomic E-state index is 6.18. The van der Waals surface area contributed by atoms with Crippen LogP contribution in [0.4, 0.5) is 0 Å². The minimum atomic E-state index is 0.595. The van der Waals surface area contributed by atoms with Gasteiger partial charge in [-0.05, 0) is 43.6 Å². The Hall–Kier alpha value is -1.71. The van der Waals surface area contributed by atoms with Gasteiger partial charge < -0.3 is 15.4 Å². The van der Waals surface area contributed by atoms with Crippen LogP contribution in [-0.2, 0) is 6.54 Å². The summed E-state index contributed by atoms with van der Waals surface area (Å²) in [5.41, 5.74) is 7.30. The molecule has 3 rings (SSSR count). The normalized spacial score (nSPS) is 22.7. The van der Waals surface area contributed by atoms with E-state index in [4.69, 9.17) is 10.5 Å². The number of nitrogens with zero attached hydrogens (tertiary/aromatic N) is 2. The monoisotopic (exact) mass is 301 g/mol. The van der Waals surface area contributed by atoms with Crippen molar-refractivity contribution in [1.82, 2.24) is 4.90 Å². The maximum atomic E-state index is 6.18. The van der Waals surface area contributed by atoms with Crippen molar-refractivity contribution in [3.63, 3.8) is 0 Å². The number of para-hydroxylation sites is 1. The number of benzene rings is 1. The summed E-state index contributed by atoms with van der Waals surface area (Å²) >= 11 is 0. The van der Waals surface area contributed by atoms with Crippen LogP contribution >= 0.6 is 0 Å². The van der Waals surface area contributed by atoms with Crippen LogP contribution in [-0.4, -0.2) is 30.6 Å². The number of likely N-dealkylation sites (tertiary alicyclic amines) is 1. The van der Waals surface area contributed by atoms with Crippen molar-refractivity contribution in [2.75, 3.05) is 19.7 Å². The lowest BCUT2D eigenvalue weighted by Crippen LogP contribution is -2.43. The summed E-state index contributed by atoms with van der Waals surface area (Å²) in [6, 6.07) is 8.17. The molecule has 1 aliphatic carbocycles. The molecule has 1 atom stereocenters. The predicted octanol–water partition coefficient (Wildman–Crippen LogP) is 3.02. The van der Waals surface area contributed by atoms with E-state index in [2.05, 4.69) is 22.9 Å². The number of ether oxygens (including phenoxy) is 1. The quantitative estimate of drug-likeness (QED) is 0.672. The first-order valence-electron chi connectivity index (χ1n) is 8.48. The minimum Gasteiger partial charge on any atom is -0.493 e. The standard InChI is InChI=1S/C18H27N3O/c1-14-5-4-10-21(12-14)18(19)20-11-16-6-2-3-7-17(16)22-13-15-8-9-15/h2-3,6-7,14-15H,4-5,8-13H2,1H3,(H2,19,20). The van der Waals surface area contributed by atoms with Gasteiger partial charge in [-0.15, -0.1) is 0 Å². The zero-order valence-corrected chi connectivity index (χ0v) is 13.5. The highest BCUT2D eigenvalue weighted by Gasteiger charge is 2.22. The third kappa shape index (κ3) is 4.15. The van der Waals surface area contributed by atoms with E-state index in [1.165, 1.54) is 25.7 Å². The second kappa shape index (κ2) is 7.03. The van der Waals surface area contributed by atoms with E-state index >= 15 is 0 Å². The van der Waals surface area contributed by atoms with Gasteiger partial charge in [0.1, 0.15) is 5.75 Å². The van der Waals surface area contributed by atoms with Gasteiger partial charge >= 0.3 is 0 Å². The molecule has 0 amide bonds. The van der Waals surface area contributed by atoms with Gasteiger partial charge in [0.05, 0.1) is 13.2 Å². The molecule has 4 heteroatoms. The van der Waals surface area contributed by atoms with Gasteiger partial charge in [0, 0.05) is 18.7 Å². The average molecular weight is 301 g/mol. The summed E-state index contributed by atoms with van der Waals surface area (Å²) in [6.45, 7) is 5.76. The zero-order valence-electron chi connectivity index (χ0n) is 13.5. The Kier molecular flexibility index (Phi) is 4.86. The fourth-order valence-electron chi connectivity index (χ4n) is 2.93. The Morgan fingerprint density at radius 3 is 2.91 bits per heavy atom. The van der Waals surface area contributed by atoms with Crippen LogP contribution in [0.5, 0.6) is 5.75 Å². The highest BCUT2D eigenvalue weighted by Crippen LogP contribution is 2.30. The molecule has 2 N–H and O–H groups in total. The average Bonchev–Trinajstić information content (AvgIpc) is 3.35.